The van der Waals surface area contributed by atoms with Crippen LogP contribution in [0.3, 0.4) is 0 Å². The van der Waals surface area contributed by atoms with Crippen molar-refractivity contribution in [2.45, 2.75) is 130 Å². The number of carbonyl (C=O) groups is 2. The zero-order valence-electron chi connectivity index (χ0n) is 46.3. The molecule has 0 saturated heterocycles. The molecule has 0 fully saturated rings. The second-order valence-corrected chi connectivity index (χ2v) is 25.3. The van der Waals surface area contributed by atoms with Crippen molar-refractivity contribution in [1.82, 2.24) is 0 Å². The molecule has 2 heterocycles. The number of anilines is 2. The Hall–Kier alpha value is -7.58. The fraction of sp³-hybridized carbons (Fsp3) is 0.324. The molecule has 2 amide bonds. The summed E-state index contributed by atoms with van der Waals surface area (Å²) in [6.07, 6.45) is 1.13. The summed E-state index contributed by atoms with van der Waals surface area (Å²) in [5, 5.41) is 35.8. The Balaban J connectivity index is 1.30. The Bertz CT molecular complexity index is 3310. The third-order valence-electron chi connectivity index (χ3n) is 15.4. The molecule has 0 spiro atoms. The number of aromatic hydroxyl groups is 2. The van der Waals surface area contributed by atoms with Gasteiger partial charge in [-0.05, 0) is 122 Å². The predicted molar refractivity (Wildman–Crippen MR) is 310 cm³/mol. The molecule has 0 radical (unpaired) electrons. The van der Waals surface area contributed by atoms with Crippen molar-refractivity contribution in [3.05, 3.63) is 188 Å². The van der Waals surface area contributed by atoms with Crippen molar-refractivity contribution >= 4 is 44.7 Å². The molecule has 10 bridgehead atoms. The SMILES string of the molecule is CC(C)(C)c1cc2c(O)c(c1)Cc1cc(C(C)(C)C)cc3c1OCC(=O)Nc1ccc4ccccc4c1-c1c(ccc4ccccc14)NC(=O)COc1c(cc(C(C)(C)C)cc1Cc1cc(C(C)(C)C)cc(c1O)C3)C2. The highest BCUT2D eigenvalue weighted by molar-refractivity contribution is 6.16. The van der Waals surface area contributed by atoms with Gasteiger partial charge in [-0.15, -0.1) is 0 Å². The lowest BCUT2D eigenvalue weighted by Crippen LogP contribution is -2.23. The average molecular weight is 1010 g/mol. The number of hydrogen-bond acceptors (Lipinski definition) is 6. The number of phenolic OH excluding ortho intramolecular Hbond substituents is 2. The summed E-state index contributed by atoms with van der Waals surface area (Å²) in [7, 11) is 0. The van der Waals surface area contributed by atoms with E-state index in [0.29, 0.717) is 45.1 Å². The molecular formula is C68H72N2O6. The summed E-state index contributed by atoms with van der Waals surface area (Å²) in [4.78, 5) is 29.7. The highest BCUT2D eigenvalue weighted by Crippen LogP contribution is 2.46. The van der Waals surface area contributed by atoms with Gasteiger partial charge in [0.05, 0.1) is 0 Å². The molecule has 8 aromatic carbocycles. The van der Waals surface area contributed by atoms with Crippen LogP contribution in [-0.4, -0.2) is 35.2 Å². The van der Waals surface area contributed by atoms with Gasteiger partial charge in [-0.25, -0.2) is 0 Å². The second-order valence-electron chi connectivity index (χ2n) is 25.3. The van der Waals surface area contributed by atoms with Crippen molar-refractivity contribution in [3.63, 3.8) is 0 Å². The topological polar surface area (TPSA) is 117 Å². The van der Waals surface area contributed by atoms with Crippen LogP contribution >= 0.6 is 0 Å². The summed E-state index contributed by atoms with van der Waals surface area (Å²) in [5.41, 5.74) is 11.7. The standard InChI is InChI=1S/C68H72N2O6/c1-65(2,3)49-29-41-25-45-33-51(67(7,8)9)35-47-27-43-31-50(66(4,5)6)32-44(62(43)74)28-48-36-52(68(10,11)12)34-46(26-42(30-49)61(41)73)64(48)76-38-58(72)70-56-24-22-40-18-14-16-20-54(40)60(56)59-53-19-15-13-17-39(53)21-23-55(59)69-57(71)37-75-63(45)47/h13-24,29-36,73-74H,25-28,37-38H2,1-12H3,(H,69,71)(H,70,72). The molecule has 1 aliphatic carbocycles. The van der Waals surface area contributed by atoms with E-state index in [0.717, 1.165) is 77.2 Å². The van der Waals surface area contributed by atoms with Crippen LogP contribution in [0.25, 0.3) is 32.7 Å². The molecule has 8 heteroatoms. The van der Waals surface area contributed by atoms with Gasteiger partial charge < -0.3 is 30.3 Å². The highest BCUT2D eigenvalue weighted by atomic mass is 16.5. The van der Waals surface area contributed by atoms with Crippen LogP contribution in [0.4, 0.5) is 11.4 Å². The fourth-order valence-corrected chi connectivity index (χ4v) is 11.0. The van der Waals surface area contributed by atoms with Gasteiger partial charge in [-0.1, -0.05) is 192 Å². The lowest BCUT2D eigenvalue weighted by atomic mass is 9.79. The van der Waals surface area contributed by atoms with Gasteiger partial charge in [0.25, 0.3) is 11.8 Å². The van der Waals surface area contributed by atoms with Crippen LogP contribution in [0.15, 0.2) is 121 Å². The Morgan fingerprint density at radius 1 is 0.382 bits per heavy atom. The van der Waals surface area contributed by atoms with Crippen molar-refractivity contribution in [1.29, 1.82) is 0 Å². The Morgan fingerprint density at radius 2 is 0.658 bits per heavy atom. The first kappa shape index (κ1) is 51.9. The Kier molecular flexibility index (Phi) is 13.1. The number of phenols is 2. The summed E-state index contributed by atoms with van der Waals surface area (Å²) in [6, 6.07) is 41.0. The summed E-state index contributed by atoms with van der Waals surface area (Å²) in [6.45, 7) is 25.5. The van der Waals surface area contributed by atoms with Crippen molar-refractivity contribution in [3.8, 4) is 34.1 Å². The maximum Gasteiger partial charge on any atom is 0.262 e. The van der Waals surface area contributed by atoms with Gasteiger partial charge >= 0.3 is 0 Å². The second kappa shape index (κ2) is 19.2. The summed E-state index contributed by atoms with van der Waals surface area (Å²) < 4.78 is 13.9. The number of amides is 2. The highest BCUT2D eigenvalue weighted by Gasteiger charge is 2.30. The van der Waals surface area contributed by atoms with Crippen LogP contribution in [-0.2, 0) is 56.9 Å². The summed E-state index contributed by atoms with van der Waals surface area (Å²) >= 11 is 0. The van der Waals surface area contributed by atoms with Crippen molar-refractivity contribution in [2.24, 2.45) is 0 Å². The van der Waals surface area contributed by atoms with Gasteiger partial charge in [0.15, 0.2) is 13.2 Å². The largest absolute Gasteiger partial charge is 0.507 e. The number of ether oxygens (including phenoxy) is 2. The molecule has 8 aromatic rings. The van der Waals surface area contributed by atoms with Gasteiger partial charge in [0, 0.05) is 48.2 Å². The molecule has 2 aliphatic heterocycles. The molecule has 390 valence electrons. The number of rotatable bonds is 0. The fourth-order valence-electron chi connectivity index (χ4n) is 11.0. The van der Waals surface area contributed by atoms with Gasteiger partial charge in [0.2, 0.25) is 0 Å². The van der Waals surface area contributed by atoms with Crippen molar-refractivity contribution < 1.29 is 29.3 Å². The zero-order valence-corrected chi connectivity index (χ0v) is 46.3. The quantitative estimate of drug-likeness (QED) is 0.120. The van der Waals surface area contributed by atoms with E-state index in [1.807, 2.05) is 72.8 Å². The van der Waals surface area contributed by atoms with Gasteiger partial charge in [-0.3, -0.25) is 9.59 Å². The number of carbonyl (C=O) groups excluding carboxylic acids is 2. The summed E-state index contributed by atoms with van der Waals surface area (Å²) in [5.74, 6) is 0.610. The molecule has 0 atom stereocenters. The minimum Gasteiger partial charge on any atom is -0.507 e. The normalized spacial score (nSPS) is 14.6. The molecule has 4 N–H and O–H groups in total. The molecule has 3 aliphatic rings. The first-order valence-electron chi connectivity index (χ1n) is 26.7. The minimum atomic E-state index is -0.383. The Labute approximate surface area is 448 Å². The molecule has 76 heavy (non-hydrogen) atoms. The van der Waals surface area contributed by atoms with Crippen LogP contribution in [0.5, 0.6) is 23.0 Å². The van der Waals surface area contributed by atoms with Gasteiger partial charge in [0.1, 0.15) is 23.0 Å². The van der Waals surface area contributed by atoms with E-state index in [-0.39, 0.29) is 83.9 Å². The van der Waals surface area contributed by atoms with E-state index in [1.54, 1.807) is 0 Å². The third-order valence-corrected chi connectivity index (χ3v) is 15.4. The maximum atomic E-state index is 14.8. The lowest BCUT2D eigenvalue weighted by molar-refractivity contribution is -0.118. The lowest BCUT2D eigenvalue weighted by Gasteiger charge is -2.28. The third kappa shape index (κ3) is 10.3. The first-order valence-corrected chi connectivity index (χ1v) is 26.7. The van der Waals surface area contributed by atoms with E-state index in [4.69, 9.17) is 9.47 Å². The zero-order chi connectivity index (χ0) is 54.2. The molecule has 0 aromatic heterocycles. The smallest absolute Gasteiger partial charge is 0.262 e. The maximum absolute atomic E-state index is 14.8. The number of benzene rings is 8. The molecular weight excluding hydrogens is 941 g/mol. The van der Waals surface area contributed by atoms with E-state index in [2.05, 4.69) is 142 Å². The van der Waals surface area contributed by atoms with Gasteiger partial charge in [-0.2, -0.15) is 0 Å². The number of nitrogens with one attached hydrogen (secondary N) is 2. The number of fused-ring (bicyclic) bond motifs is 8. The van der Waals surface area contributed by atoms with E-state index in [9.17, 15) is 19.8 Å². The molecule has 0 saturated carbocycles. The van der Waals surface area contributed by atoms with E-state index in [1.165, 1.54) is 0 Å². The van der Waals surface area contributed by atoms with Crippen LogP contribution in [0.2, 0.25) is 0 Å². The molecule has 11 rings (SSSR count). The first-order chi connectivity index (χ1) is 35.8. The monoisotopic (exact) mass is 1010 g/mol. The Morgan fingerprint density at radius 3 is 0.947 bits per heavy atom. The minimum absolute atomic E-state index is 0.161. The van der Waals surface area contributed by atoms with E-state index >= 15 is 0 Å². The van der Waals surface area contributed by atoms with Crippen LogP contribution in [0.1, 0.15) is 150 Å². The van der Waals surface area contributed by atoms with Crippen molar-refractivity contribution in [2.75, 3.05) is 23.8 Å². The van der Waals surface area contributed by atoms with E-state index < -0.39 is 0 Å². The van der Waals surface area contributed by atoms with Crippen LogP contribution in [0, 0.1) is 0 Å². The number of hydrogen-bond donors (Lipinski definition) is 4. The predicted octanol–water partition coefficient (Wildman–Crippen LogP) is 15.3. The molecule has 0 unspecified atom stereocenters. The molecule has 8 nitrogen and oxygen atoms in total. The van der Waals surface area contributed by atoms with Crippen LogP contribution < -0.4 is 20.1 Å². The average Bonchev–Trinajstić information content (AvgIpc) is 3.34.